The van der Waals surface area contributed by atoms with E-state index in [9.17, 15) is 14.7 Å². The van der Waals surface area contributed by atoms with Crippen molar-refractivity contribution >= 4 is 5.91 Å². The molecule has 0 unspecified atom stereocenters. The fourth-order valence-corrected chi connectivity index (χ4v) is 6.91. The summed E-state index contributed by atoms with van der Waals surface area (Å²) >= 11 is 0. The van der Waals surface area contributed by atoms with E-state index < -0.39 is 11.4 Å². The molecule has 44 heavy (non-hydrogen) atoms. The van der Waals surface area contributed by atoms with Crippen LogP contribution in [0.4, 0.5) is 0 Å². The van der Waals surface area contributed by atoms with Gasteiger partial charge in [-0.2, -0.15) is 0 Å². The number of methoxy groups -OCH3 is 1. The second-order valence-corrected chi connectivity index (χ2v) is 12.0. The van der Waals surface area contributed by atoms with Crippen molar-refractivity contribution in [1.82, 2.24) is 19.4 Å². The second-order valence-electron chi connectivity index (χ2n) is 12.0. The van der Waals surface area contributed by atoms with Crippen molar-refractivity contribution in [2.75, 3.05) is 33.4 Å². The summed E-state index contributed by atoms with van der Waals surface area (Å²) in [6, 6.07) is 19.6. The summed E-state index contributed by atoms with van der Waals surface area (Å²) in [4.78, 5) is 35.1. The molecule has 10 nitrogen and oxygen atoms in total. The van der Waals surface area contributed by atoms with Crippen LogP contribution in [-0.4, -0.2) is 75.4 Å². The highest BCUT2D eigenvalue weighted by molar-refractivity contribution is 5.98. The molecule has 1 N–H and O–H groups in total. The minimum atomic E-state index is -1.06. The molecular weight excluding hydrogens is 560 g/mol. The smallest absolute Gasteiger partial charge is 0.396 e. The van der Waals surface area contributed by atoms with Gasteiger partial charge in [0.25, 0.3) is 5.91 Å². The molecule has 4 aromatic rings. The molecule has 1 saturated carbocycles. The minimum absolute atomic E-state index is 0.139. The molecule has 10 heteroatoms. The van der Waals surface area contributed by atoms with Gasteiger partial charge >= 0.3 is 5.82 Å². The van der Waals surface area contributed by atoms with Gasteiger partial charge in [0.05, 0.1) is 31.2 Å². The van der Waals surface area contributed by atoms with Crippen LogP contribution in [0, 0.1) is 6.92 Å². The van der Waals surface area contributed by atoms with Crippen molar-refractivity contribution in [2.45, 2.75) is 63.3 Å². The highest BCUT2D eigenvalue weighted by Gasteiger charge is 2.42. The van der Waals surface area contributed by atoms with Crippen LogP contribution in [0.25, 0.3) is 11.3 Å². The van der Waals surface area contributed by atoms with Crippen LogP contribution in [-0.2, 0) is 17.7 Å². The maximum Gasteiger partial charge on any atom is 0.519 e. The van der Waals surface area contributed by atoms with Crippen molar-refractivity contribution in [1.29, 1.82) is 0 Å². The largest absolute Gasteiger partial charge is 0.519 e. The predicted octanol–water partition coefficient (Wildman–Crippen LogP) is 4.47. The van der Waals surface area contributed by atoms with E-state index in [4.69, 9.17) is 18.6 Å². The van der Waals surface area contributed by atoms with E-state index in [2.05, 4.69) is 17.0 Å². The highest BCUT2D eigenvalue weighted by Crippen LogP contribution is 2.41. The zero-order valence-corrected chi connectivity index (χ0v) is 25.4. The van der Waals surface area contributed by atoms with Crippen LogP contribution in [0.5, 0.6) is 0 Å². The number of benzene rings is 2. The molecule has 2 aromatic carbocycles. The van der Waals surface area contributed by atoms with Crippen molar-refractivity contribution < 1.29 is 23.5 Å². The predicted molar refractivity (Wildman–Crippen MR) is 164 cm³/mol. The number of imidazole rings is 1. The summed E-state index contributed by atoms with van der Waals surface area (Å²) in [7, 11) is 1.61. The van der Waals surface area contributed by atoms with Crippen molar-refractivity contribution in [3.63, 3.8) is 0 Å². The Morgan fingerprint density at radius 1 is 1.07 bits per heavy atom. The zero-order valence-electron chi connectivity index (χ0n) is 25.4. The van der Waals surface area contributed by atoms with E-state index in [1.165, 1.54) is 0 Å². The summed E-state index contributed by atoms with van der Waals surface area (Å²) in [6.07, 6.45) is 5.67. The lowest BCUT2D eigenvalue weighted by Crippen LogP contribution is -2.55. The first kappa shape index (κ1) is 30.1. The summed E-state index contributed by atoms with van der Waals surface area (Å²) in [6.45, 7) is 4.04. The molecule has 6 rings (SSSR count). The maximum absolute atomic E-state index is 14.6. The molecule has 3 atom stereocenters. The fourth-order valence-electron chi connectivity index (χ4n) is 6.91. The first-order valence-electron chi connectivity index (χ1n) is 15.4. The lowest BCUT2D eigenvalue weighted by molar-refractivity contribution is -0.0893. The number of nitrogens with zero attached hydrogens (tertiary/aromatic N) is 4. The number of hydrogen-bond donors (Lipinski definition) is 1. The molecule has 3 heterocycles. The van der Waals surface area contributed by atoms with Gasteiger partial charge in [-0.05, 0) is 31.7 Å². The number of aliphatic hydroxyl groups is 1. The topological polar surface area (TPSA) is 114 Å². The van der Waals surface area contributed by atoms with Gasteiger partial charge in [-0.25, -0.2) is 9.78 Å². The Bertz CT molecular complexity index is 1610. The van der Waals surface area contributed by atoms with Crippen LogP contribution in [0.15, 0.2) is 80.6 Å². The maximum atomic E-state index is 14.6. The molecular formula is C34H40N4O6. The van der Waals surface area contributed by atoms with Gasteiger partial charge in [-0.15, -0.1) is 0 Å². The van der Waals surface area contributed by atoms with E-state index in [-0.39, 0.29) is 24.6 Å². The zero-order chi connectivity index (χ0) is 30.7. The third-order valence-corrected chi connectivity index (χ3v) is 9.08. The number of ether oxygens (including phenoxy) is 1. The van der Waals surface area contributed by atoms with Crippen LogP contribution >= 0.6 is 0 Å². The molecule has 1 saturated heterocycles. The molecule has 0 spiro atoms. The third-order valence-electron chi connectivity index (χ3n) is 9.08. The number of rotatable bonds is 9. The van der Waals surface area contributed by atoms with E-state index in [0.717, 1.165) is 30.4 Å². The van der Waals surface area contributed by atoms with Gasteiger partial charge in [-0.3, -0.25) is 9.69 Å². The first-order valence-corrected chi connectivity index (χ1v) is 15.4. The second kappa shape index (κ2) is 12.9. The van der Waals surface area contributed by atoms with E-state index in [1.807, 2.05) is 58.0 Å². The monoisotopic (exact) mass is 600 g/mol. The van der Waals surface area contributed by atoms with Gasteiger partial charge < -0.3 is 28.1 Å². The van der Waals surface area contributed by atoms with Gasteiger partial charge in [0.1, 0.15) is 11.4 Å². The van der Waals surface area contributed by atoms with Crippen molar-refractivity contribution in [3.05, 3.63) is 100 Å². The number of aryl methyl sites for hydroxylation is 1. The quantitative estimate of drug-likeness (QED) is 0.300. The van der Waals surface area contributed by atoms with E-state index in [0.29, 0.717) is 61.9 Å². The standard InChI is InChI=1S/C34H40N4O6/c1-24-28(44-33(40)43-24)21-36-17-18-37(27(20-36)19-25-11-5-3-6-12-25)32(39)30-31(26-13-7-4-8-14-26)38(23-35-30)29-15-9-10-16-34(29,41)22-42-2/h3-8,11-14,23,27,29,41H,9-10,15-22H2,1-2H3/t27-,29-,34-/m1/s1. The SMILES string of the molecule is COC[C@]1(O)CCCC[C@H]1n1cnc(C(=O)N2CCN(Cc3oc(=O)oc3C)C[C@H]2Cc2ccccc2)c1-c1ccccc1. The first-order chi connectivity index (χ1) is 21.4. The molecule has 0 radical (unpaired) electrons. The molecule has 2 fully saturated rings. The average Bonchev–Trinajstić information content (AvgIpc) is 3.60. The molecule has 1 aliphatic heterocycles. The van der Waals surface area contributed by atoms with E-state index >= 15 is 0 Å². The fraction of sp³-hybridized carbons (Fsp3) is 0.441. The molecule has 2 aliphatic rings. The number of hydrogen-bond acceptors (Lipinski definition) is 8. The van der Waals surface area contributed by atoms with Crippen LogP contribution in [0.2, 0.25) is 0 Å². The van der Waals surface area contributed by atoms with Gasteiger partial charge in [0, 0.05) is 38.3 Å². The Hall–Kier alpha value is -3.99. The molecule has 0 bridgehead atoms. The Kier molecular flexibility index (Phi) is 8.83. The van der Waals surface area contributed by atoms with Gasteiger partial charge in [-0.1, -0.05) is 73.5 Å². The van der Waals surface area contributed by atoms with Crippen molar-refractivity contribution in [3.8, 4) is 11.3 Å². The lowest BCUT2D eigenvalue weighted by atomic mass is 9.80. The molecule has 1 amide bonds. The summed E-state index contributed by atoms with van der Waals surface area (Å²) < 4.78 is 17.8. The molecule has 2 aromatic heterocycles. The molecule has 1 aliphatic carbocycles. The van der Waals surface area contributed by atoms with Gasteiger partial charge in [0.15, 0.2) is 11.5 Å². The minimum Gasteiger partial charge on any atom is -0.396 e. The summed E-state index contributed by atoms with van der Waals surface area (Å²) in [5, 5.41) is 11.7. The normalized spacial score (nSPS) is 22.8. The third kappa shape index (κ3) is 6.15. The summed E-state index contributed by atoms with van der Waals surface area (Å²) in [5.41, 5.74) is 2.05. The Balaban J connectivity index is 1.35. The van der Waals surface area contributed by atoms with Crippen LogP contribution < -0.4 is 5.82 Å². The van der Waals surface area contributed by atoms with Crippen LogP contribution in [0.3, 0.4) is 0 Å². The summed E-state index contributed by atoms with van der Waals surface area (Å²) in [5.74, 6) is 0.142. The number of piperazine rings is 1. The van der Waals surface area contributed by atoms with E-state index in [1.54, 1.807) is 20.4 Å². The highest BCUT2D eigenvalue weighted by atomic mass is 16.6. The lowest BCUT2D eigenvalue weighted by Gasteiger charge is -2.42. The number of aromatic nitrogens is 2. The van der Waals surface area contributed by atoms with Crippen molar-refractivity contribution in [2.24, 2.45) is 0 Å². The molecule has 232 valence electrons. The number of carbonyl (C=O) groups excluding carboxylic acids is 1. The van der Waals surface area contributed by atoms with Crippen LogP contribution in [0.1, 0.15) is 59.3 Å². The number of carbonyl (C=O) groups is 1. The Morgan fingerprint density at radius 2 is 1.82 bits per heavy atom. The Morgan fingerprint density at radius 3 is 2.52 bits per heavy atom. The average molecular weight is 601 g/mol. The number of amides is 1. The Labute approximate surface area is 256 Å². The van der Waals surface area contributed by atoms with Gasteiger partial charge in [0.2, 0.25) is 0 Å².